The standard InChI is InChI=1S/C12H20N2O3S2/c1-10(15)14(12(2,3)4)8-7-13-19(16,17)11-6-5-9-18-11/h5-6,9,13H,7-8H2,1-4H3. The summed E-state index contributed by atoms with van der Waals surface area (Å²) >= 11 is 1.17. The van der Waals surface area contributed by atoms with E-state index in [0.29, 0.717) is 6.54 Å². The molecular weight excluding hydrogens is 284 g/mol. The number of hydrogen-bond donors (Lipinski definition) is 1. The van der Waals surface area contributed by atoms with E-state index < -0.39 is 10.0 Å². The first-order valence-corrected chi connectivity index (χ1v) is 8.32. The Morgan fingerprint density at radius 3 is 2.47 bits per heavy atom. The maximum Gasteiger partial charge on any atom is 0.250 e. The largest absolute Gasteiger partial charge is 0.337 e. The molecule has 0 unspecified atom stereocenters. The summed E-state index contributed by atoms with van der Waals surface area (Å²) in [5.74, 6) is -0.0668. The highest BCUT2D eigenvalue weighted by Crippen LogP contribution is 2.16. The summed E-state index contributed by atoms with van der Waals surface area (Å²) in [4.78, 5) is 13.2. The minimum Gasteiger partial charge on any atom is -0.337 e. The lowest BCUT2D eigenvalue weighted by Crippen LogP contribution is -2.48. The van der Waals surface area contributed by atoms with E-state index >= 15 is 0 Å². The van der Waals surface area contributed by atoms with Crippen LogP contribution < -0.4 is 4.72 Å². The predicted octanol–water partition coefficient (Wildman–Crippen LogP) is 1.67. The molecule has 1 N–H and O–H groups in total. The van der Waals surface area contributed by atoms with Gasteiger partial charge in [0.2, 0.25) is 15.9 Å². The van der Waals surface area contributed by atoms with Crippen LogP contribution in [0.3, 0.4) is 0 Å². The zero-order valence-corrected chi connectivity index (χ0v) is 13.3. The third-order valence-electron chi connectivity index (χ3n) is 2.58. The van der Waals surface area contributed by atoms with Crippen molar-refractivity contribution in [3.8, 4) is 0 Å². The quantitative estimate of drug-likeness (QED) is 0.900. The van der Waals surface area contributed by atoms with Crippen LogP contribution in [0.15, 0.2) is 21.7 Å². The molecule has 0 aliphatic carbocycles. The molecule has 5 nitrogen and oxygen atoms in total. The molecule has 0 aromatic carbocycles. The number of thiophene rings is 1. The van der Waals surface area contributed by atoms with Crippen molar-refractivity contribution in [2.75, 3.05) is 13.1 Å². The van der Waals surface area contributed by atoms with Gasteiger partial charge in [0.05, 0.1) is 0 Å². The number of amides is 1. The van der Waals surface area contributed by atoms with Crippen LogP contribution in [0.1, 0.15) is 27.7 Å². The van der Waals surface area contributed by atoms with Crippen molar-refractivity contribution in [3.05, 3.63) is 17.5 Å². The lowest BCUT2D eigenvalue weighted by Gasteiger charge is -2.34. The van der Waals surface area contributed by atoms with Gasteiger partial charge >= 0.3 is 0 Å². The minimum absolute atomic E-state index is 0.0668. The number of rotatable bonds is 5. The predicted molar refractivity (Wildman–Crippen MR) is 76.6 cm³/mol. The lowest BCUT2D eigenvalue weighted by atomic mass is 10.1. The van der Waals surface area contributed by atoms with E-state index in [9.17, 15) is 13.2 Å². The Hall–Kier alpha value is -0.920. The van der Waals surface area contributed by atoms with Gasteiger partial charge in [0.15, 0.2) is 0 Å². The topological polar surface area (TPSA) is 66.5 Å². The molecule has 19 heavy (non-hydrogen) atoms. The van der Waals surface area contributed by atoms with Gasteiger partial charge in [-0.3, -0.25) is 4.79 Å². The molecule has 1 heterocycles. The lowest BCUT2D eigenvalue weighted by molar-refractivity contribution is -0.133. The van der Waals surface area contributed by atoms with Crippen molar-refractivity contribution < 1.29 is 13.2 Å². The molecule has 0 spiro atoms. The van der Waals surface area contributed by atoms with Gasteiger partial charge in [-0.2, -0.15) is 0 Å². The average molecular weight is 304 g/mol. The fraction of sp³-hybridized carbons (Fsp3) is 0.583. The van der Waals surface area contributed by atoms with Crippen LogP contribution in [-0.4, -0.2) is 37.9 Å². The van der Waals surface area contributed by atoms with Gasteiger partial charge in [0.25, 0.3) is 0 Å². The summed E-state index contributed by atoms with van der Waals surface area (Å²) in [5.41, 5.74) is -0.319. The monoisotopic (exact) mass is 304 g/mol. The number of nitrogens with zero attached hydrogens (tertiary/aromatic N) is 1. The minimum atomic E-state index is -3.45. The second-order valence-corrected chi connectivity index (χ2v) is 8.11. The summed E-state index contributed by atoms with van der Waals surface area (Å²) in [6.07, 6.45) is 0. The summed E-state index contributed by atoms with van der Waals surface area (Å²) in [7, 11) is -3.45. The second-order valence-electron chi connectivity index (χ2n) is 5.17. The second kappa shape index (κ2) is 6.02. The Kier molecular flexibility index (Phi) is 5.11. The molecule has 0 radical (unpaired) electrons. The third-order valence-corrected chi connectivity index (χ3v) is 5.44. The van der Waals surface area contributed by atoms with Crippen LogP contribution in [0.25, 0.3) is 0 Å². The van der Waals surface area contributed by atoms with E-state index in [2.05, 4.69) is 4.72 Å². The van der Waals surface area contributed by atoms with Crippen LogP contribution in [0.4, 0.5) is 0 Å². The van der Waals surface area contributed by atoms with Gasteiger partial charge in [-0.05, 0) is 32.2 Å². The number of sulfonamides is 1. The van der Waals surface area contributed by atoms with Crippen LogP contribution in [-0.2, 0) is 14.8 Å². The Bertz CT molecular complexity index is 516. The van der Waals surface area contributed by atoms with Crippen molar-refractivity contribution in [1.82, 2.24) is 9.62 Å². The van der Waals surface area contributed by atoms with E-state index in [0.717, 1.165) is 0 Å². The van der Waals surface area contributed by atoms with Crippen LogP contribution in [0, 0.1) is 0 Å². The third kappa shape index (κ3) is 4.59. The maximum atomic E-state index is 11.9. The summed E-state index contributed by atoms with van der Waals surface area (Å²) < 4.78 is 26.6. The highest BCUT2D eigenvalue weighted by molar-refractivity contribution is 7.91. The maximum absolute atomic E-state index is 11.9. The first-order valence-electron chi connectivity index (χ1n) is 5.96. The fourth-order valence-corrected chi connectivity index (χ4v) is 3.80. The molecule has 1 amide bonds. The molecule has 0 fully saturated rings. The van der Waals surface area contributed by atoms with Gasteiger partial charge in [-0.1, -0.05) is 6.07 Å². The van der Waals surface area contributed by atoms with Crippen molar-refractivity contribution in [2.24, 2.45) is 0 Å². The molecule has 0 saturated heterocycles. The van der Waals surface area contributed by atoms with Gasteiger partial charge in [0.1, 0.15) is 4.21 Å². The Labute approximate surface area is 118 Å². The van der Waals surface area contributed by atoms with Gasteiger partial charge in [0, 0.05) is 25.6 Å². The molecule has 0 aliphatic heterocycles. The number of hydrogen-bond acceptors (Lipinski definition) is 4. The van der Waals surface area contributed by atoms with Gasteiger partial charge in [-0.15, -0.1) is 11.3 Å². The highest BCUT2D eigenvalue weighted by Gasteiger charge is 2.24. The molecule has 0 atom stereocenters. The Morgan fingerprint density at radius 2 is 2.05 bits per heavy atom. The zero-order chi connectivity index (χ0) is 14.7. The SMILES string of the molecule is CC(=O)N(CCNS(=O)(=O)c1cccs1)C(C)(C)C. The van der Waals surface area contributed by atoms with E-state index in [1.807, 2.05) is 20.8 Å². The first-order chi connectivity index (χ1) is 8.64. The molecular formula is C12H20N2O3S2. The summed E-state index contributed by atoms with van der Waals surface area (Å²) in [5, 5.41) is 1.71. The molecule has 1 aromatic heterocycles. The van der Waals surface area contributed by atoms with Crippen molar-refractivity contribution in [3.63, 3.8) is 0 Å². The molecule has 0 aliphatic rings. The highest BCUT2D eigenvalue weighted by atomic mass is 32.2. The van der Waals surface area contributed by atoms with Crippen molar-refractivity contribution in [2.45, 2.75) is 37.4 Å². The van der Waals surface area contributed by atoms with E-state index in [4.69, 9.17) is 0 Å². The summed E-state index contributed by atoms with van der Waals surface area (Å²) in [6.45, 7) is 7.80. The summed E-state index contributed by atoms with van der Waals surface area (Å²) in [6, 6.07) is 3.25. The molecule has 0 saturated carbocycles. The Morgan fingerprint density at radius 1 is 1.42 bits per heavy atom. The average Bonchev–Trinajstić information content (AvgIpc) is 2.75. The van der Waals surface area contributed by atoms with Crippen molar-refractivity contribution >= 4 is 27.3 Å². The normalized spacial score (nSPS) is 12.4. The van der Waals surface area contributed by atoms with Crippen LogP contribution >= 0.6 is 11.3 Å². The molecule has 0 bridgehead atoms. The van der Waals surface area contributed by atoms with Gasteiger partial charge < -0.3 is 4.90 Å². The number of nitrogens with one attached hydrogen (secondary N) is 1. The van der Waals surface area contributed by atoms with Crippen LogP contribution in [0.5, 0.6) is 0 Å². The van der Waals surface area contributed by atoms with Gasteiger partial charge in [-0.25, -0.2) is 13.1 Å². The molecule has 108 valence electrons. The van der Waals surface area contributed by atoms with E-state index in [1.165, 1.54) is 18.3 Å². The van der Waals surface area contributed by atoms with Crippen molar-refractivity contribution in [1.29, 1.82) is 0 Å². The zero-order valence-electron chi connectivity index (χ0n) is 11.6. The molecule has 1 aromatic rings. The smallest absolute Gasteiger partial charge is 0.250 e. The number of carbonyl (C=O) groups excluding carboxylic acids is 1. The number of carbonyl (C=O) groups is 1. The van der Waals surface area contributed by atoms with E-state index in [1.54, 1.807) is 22.4 Å². The fourth-order valence-electron chi connectivity index (χ4n) is 1.74. The first kappa shape index (κ1) is 16.1. The Balaban J connectivity index is 2.61. The van der Waals surface area contributed by atoms with Crippen LogP contribution in [0.2, 0.25) is 0 Å². The molecule has 1 rings (SSSR count). The molecule has 7 heteroatoms. The van der Waals surface area contributed by atoms with E-state index in [-0.39, 0.29) is 22.2 Å².